The fourth-order valence-electron chi connectivity index (χ4n) is 1.93. The van der Waals surface area contributed by atoms with Crippen molar-refractivity contribution in [2.45, 2.75) is 5.37 Å². The van der Waals surface area contributed by atoms with Gasteiger partial charge in [0.15, 0.2) is 0 Å². The van der Waals surface area contributed by atoms with Crippen LogP contribution in [-0.2, 0) is 4.74 Å². The monoisotopic (exact) mass is 223 g/mol. The van der Waals surface area contributed by atoms with Gasteiger partial charge in [-0.15, -0.1) is 11.8 Å². The standard InChI is InChI=1S/C12H17NOS/c1-15-12(11-5-3-2-4-6-11)13-7-9-14-10-8-13/h2-6,12H,7-10H2,1H3. The Hall–Kier alpha value is -0.510. The molecule has 1 atom stereocenters. The number of morpholine rings is 1. The first-order chi connectivity index (χ1) is 7.42. The summed E-state index contributed by atoms with van der Waals surface area (Å²) in [6, 6.07) is 10.7. The Morgan fingerprint density at radius 2 is 1.87 bits per heavy atom. The van der Waals surface area contributed by atoms with E-state index in [4.69, 9.17) is 4.74 Å². The van der Waals surface area contributed by atoms with Crippen LogP contribution in [0.1, 0.15) is 10.9 Å². The molecule has 0 aliphatic carbocycles. The lowest BCUT2D eigenvalue weighted by atomic mass is 10.2. The number of nitrogens with zero attached hydrogens (tertiary/aromatic N) is 1. The Morgan fingerprint density at radius 3 is 2.47 bits per heavy atom. The zero-order valence-electron chi connectivity index (χ0n) is 9.06. The third kappa shape index (κ3) is 2.74. The minimum Gasteiger partial charge on any atom is -0.379 e. The molecular weight excluding hydrogens is 206 g/mol. The third-order valence-electron chi connectivity index (χ3n) is 2.69. The van der Waals surface area contributed by atoms with Gasteiger partial charge in [-0.1, -0.05) is 30.3 Å². The van der Waals surface area contributed by atoms with Crippen molar-refractivity contribution in [3.05, 3.63) is 35.9 Å². The van der Waals surface area contributed by atoms with E-state index in [-0.39, 0.29) is 0 Å². The molecule has 2 nitrogen and oxygen atoms in total. The van der Waals surface area contributed by atoms with Crippen LogP contribution in [0.3, 0.4) is 0 Å². The number of benzene rings is 1. The summed E-state index contributed by atoms with van der Waals surface area (Å²) in [7, 11) is 0. The van der Waals surface area contributed by atoms with Crippen molar-refractivity contribution in [2.75, 3.05) is 32.6 Å². The van der Waals surface area contributed by atoms with Crippen LogP contribution >= 0.6 is 11.8 Å². The molecule has 1 aliphatic heterocycles. The molecule has 1 fully saturated rings. The molecule has 1 aliphatic rings. The Bertz CT molecular complexity index is 285. The maximum Gasteiger partial charge on any atom is 0.0813 e. The molecule has 0 spiro atoms. The second-order valence-electron chi connectivity index (χ2n) is 3.65. The van der Waals surface area contributed by atoms with Crippen LogP contribution in [0.5, 0.6) is 0 Å². The second kappa shape index (κ2) is 5.54. The van der Waals surface area contributed by atoms with E-state index in [1.54, 1.807) is 0 Å². The topological polar surface area (TPSA) is 12.5 Å². The molecule has 1 unspecified atom stereocenters. The Balaban J connectivity index is 2.09. The lowest BCUT2D eigenvalue weighted by Gasteiger charge is -2.33. The van der Waals surface area contributed by atoms with Gasteiger partial charge in [0.25, 0.3) is 0 Å². The first kappa shape index (κ1) is 11.0. The van der Waals surface area contributed by atoms with Crippen molar-refractivity contribution in [2.24, 2.45) is 0 Å². The summed E-state index contributed by atoms with van der Waals surface area (Å²) in [5.74, 6) is 0. The van der Waals surface area contributed by atoms with Gasteiger partial charge in [-0.3, -0.25) is 4.90 Å². The third-order valence-corrected chi connectivity index (χ3v) is 3.70. The van der Waals surface area contributed by atoms with Gasteiger partial charge in [-0.2, -0.15) is 0 Å². The van der Waals surface area contributed by atoms with E-state index < -0.39 is 0 Å². The molecule has 1 saturated heterocycles. The second-order valence-corrected chi connectivity index (χ2v) is 4.57. The highest BCUT2D eigenvalue weighted by Gasteiger charge is 2.20. The predicted molar refractivity (Wildman–Crippen MR) is 65.1 cm³/mol. The molecule has 0 aromatic heterocycles. The number of rotatable bonds is 3. The summed E-state index contributed by atoms with van der Waals surface area (Å²) in [4.78, 5) is 2.49. The molecule has 82 valence electrons. The maximum absolute atomic E-state index is 5.38. The highest BCUT2D eigenvalue weighted by molar-refractivity contribution is 7.98. The number of thioether (sulfide) groups is 1. The lowest BCUT2D eigenvalue weighted by molar-refractivity contribution is 0.0324. The molecule has 0 bridgehead atoms. The molecule has 3 heteroatoms. The fraction of sp³-hybridized carbons (Fsp3) is 0.500. The smallest absolute Gasteiger partial charge is 0.0813 e. The van der Waals surface area contributed by atoms with E-state index in [1.807, 2.05) is 11.8 Å². The zero-order valence-corrected chi connectivity index (χ0v) is 9.87. The first-order valence-electron chi connectivity index (χ1n) is 5.31. The lowest BCUT2D eigenvalue weighted by Crippen LogP contribution is -2.37. The summed E-state index contributed by atoms with van der Waals surface area (Å²) >= 11 is 1.90. The fourth-order valence-corrected chi connectivity index (χ4v) is 2.86. The van der Waals surface area contributed by atoms with Gasteiger partial charge in [0, 0.05) is 13.1 Å². The van der Waals surface area contributed by atoms with E-state index in [9.17, 15) is 0 Å². The molecule has 1 heterocycles. The van der Waals surface area contributed by atoms with Crippen LogP contribution in [0.25, 0.3) is 0 Å². The van der Waals surface area contributed by atoms with Crippen LogP contribution in [0, 0.1) is 0 Å². The number of hydrogen-bond acceptors (Lipinski definition) is 3. The zero-order chi connectivity index (χ0) is 10.5. The van der Waals surface area contributed by atoms with Gasteiger partial charge in [-0.25, -0.2) is 0 Å². The van der Waals surface area contributed by atoms with Crippen LogP contribution in [-0.4, -0.2) is 37.5 Å². The molecule has 0 amide bonds. The van der Waals surface area contributed by atoms with Crippen molar-refractivity contribution < 1.29 is 4.74 Å². The van der Waals surface area contributed by atoms with Crippen LogP contribution < -0.4 is 0 Å². The molecular formula is C12H17NOS. The number of ether oxygens (including phenoxy) is 1. The molecule has 0 radical (unpaired) electrons. The van der Waals surface area contributed by atoms with Crippen molar-refractivity contribution >= 4 is 11.8 Å². The predicted octanol–water partition coefficient (Wildman–Crippen LogP) is 2.38. The molecule has 0 saturated carbocycles. The average Bonchev–Trinajstić information content (AvgIpc) is 2.33. The van der Waals surface area contributed by atoms with E-state index in [2.05, 4.69) is 41.5 Å². The van der Waals surface area contributed by atoms with Gasteiger partial charge in [0.05, 0.1) is 18.6 Å². The molecule has 1 aromatic carbocycles. The van der Waals surface area contributed by atoms with E-state index in [0.717, 1.165) is 26.3 Å². The molecule has 0 N–H and O–H groups in total. The van der Waals surface area contributed by atoms with Crippen molar-refractivity contribution in [3.63, 3.8) is 0 Å². The Kier molecular flexibility index (Phi) is 4.06. The van der Waals surface area contributed by atoms with Gasteiger partial charge in [0.1, 0.15) is 0 Å². The van der Waals surface area contributed by atoms with Crippen LogP contribution in [0.4, 0.5) is 0 Å². The molecule has 15 heavy (non-hydrogen) atoms. The maximum atomic E-state index is 5.38. The summed E-state index contributed by atoms with van der Waals surface area (Å²) in [5.41, 5.74) is 1.40. The average molecular weight is 223 g/mol. The van der Waals surface area contributed by atoms with Crippen LogP contribution in [0.2, 0.25) is 0 Å². The molecule has 2 rings (SSSR count). The van der Waals surface area contributed by atoms with E-state index in [0.29, 0.717) is 5.37 Å². The molecule has 1 aromatic rings. The highest BCUT2D eigenvalue weighted by Crippen LogP contribution is 2.30. The normalized spacial score (nSPS) is 20.1. The summed E-state index contributed by atoms with van der Waals surface area (Å²) < 4.78 is 5.38. The minimum absolute atomic E-state index is 0.482. The quantitative estimate of drug-likeness (QED) is 0.780. The minimum atomic E-state index is 0.482. The van der Waals surface area contributed by atoms with E-state index in [1.165, 1.54) is 5.56 Å². The summed E-state index contributed by atoms with van der Waals surface area (Å²) in [6.45, 7) is 3.81. The largest absolute Gasteiger partial charge is 0.379 e. The highest BCUT2D eigenvalue weighted by atomic mass is 32.2. The summed E-state index contributed by atoms with van der Waals surface area (Å²) in [5, 5.41) is 0.482. The van der Waals surface area contributed by atoms with Gasteiger partial charge in [-0.05, 0) is 11.8 Å². The van der Waals surface area contributed by atoms with Gasteiger partial charge < -0.3 is 4.74 Å². The SMILES string of the molecule is CSC(c1ccccc1)N1CCOCC1. The number of hydrogen-bond donors (Lipinski definition) is 0. The Morgan fingerprint density at radius 1 is 1.20 bits per heavy atom. The summed E-state index contributed by atoms with van der Waals surface area (Å²) in [6.07, 6.45) is 2.17. The van der Waals surface area contributed by atoms with Crippen molar-refractivity contribution in [3.8, 4) is 0 Å². The van der Waals surface area contributed by atoms with Crippen LogP contribution in [0.15, 0.2) is 30.3 Å². The van der Waals surface area contributed by atoms with Gasteiger partial charge in [0.2, 0.25) is 0 Å². The van der Waals surface area contributed by atoms with Crippen molar-refractivity contribution in [1.29, 1.82) is 0 Å². The van der Waals surface area contributed by atoms with Gasteiger partial charge >= 0.3 is 0 Å². The van der Waals surface area contributed by atoms with Crippen molar-refractivity contribution in [1.82, 2.24) is 4.90 Å². The van der Waals surface area contributed by atoms with E-state index >= 15 is 0 Å². The Labute approximate surface area is 95.6 Å². The first-order valence-corrected chi connectivity index (χ1v) is 6.60.